The van der Waals surface area contributed by atoms with Gasteiger partial charge in [0.05, 0.1) is 13.2 Å². The number of hydrogen-bond donors (Lipinski definition) is 2. The third kappa shape index (κ3) is 5.46. The lowest BCUT2D eigenvalue weighted by Crippen LogP contribution is -2.38. The van der Waals surface area contributed by atoms with Gasteiger partial charge in [-0.15, -0.1) is 0 Å². The lowest BCUT2D eigenvalue weighted by Gasteiger charge is -2.26. The summed E-state index contributed by atoms with van der Waals surface area (Å²) >= 11 is 0. The first-order chi connectivity index (χ1) is 10.6. The molecule has 0 saturated carbocycles. The number of morpholine rings is 1. The number of ether oxygens (including phenoxy) is 1. The minimum atomic E-state index is -0.224. The van der Waals surface area contributed by atoms with Gasteiger partial charge in [0, 0.05) is 30.9 Å². The summed E-state index contributed by atoms with van der Waals surface area (Å²) in [5.74, 6) is 0.0131. The van der Waals surface area contributed by atoms with Gasteiger partial charge in [-0.2, -0.15) is 0 Å². The zero-order chi connectivity index (χ0) is 15.8. The van der Waals surface area contributed by atoms with E-state index in [4.69, 9.17) is 4.74 Å². The number of nitrogens with one attached hydrogen (secondary N) is 2. The van der Waals surface area contributed by atoms with Crippen LogP contribution in [0, 0.1) is 0 Å². The van der Waals surface area contributed by atoms with Gasteiger partial charge in [-0.1, -0.05) is 0 Å². The van der Waals surface area contributed by atoms with E-state index in [0.29, 0.717) is 17.8 Å². The summed E-state index contributed by atoms with van der Waals surface area (Å²) in [5, 5.41) is 5.58. The molecular weight excluding hydrogens is 282 g/mol. The highest BCUT2D eigenvalue weighted by atomic mass is 16.5. The third-order valence-corrected chi connectivity index (χ3v) is 3.59. The largest absolute Gasteiger partial charge is 0.379 e. The lowest BCUT2D eigenvalue weighted by molar-refractivity contribution is 0.0375. The highest BCUT2D eigenvalue weighted by Gasteiger charge is 2.09. The molecule has 1 heterocycles. The molecule has 120 valence electrons. The van der Waals surface area contributed by atoms with Gasteiger partial charge in [0.25, 0.3) is 0 Å². The van der Waals surface area contributed by atoms with E-state index in [1.165, 1.54) is 6.92 Å². The van der Waals surface area contributed by atoms with E-state index < -0.39 is 0 Å². The van der Waals surface area contributed by atoms with Crippen LogP contribution in [0.4, 0.5) is 10.5 Å². The zero-order valence-electron chi connectivity index (χ0n) is 12.9. The average Bonchev–Trinajstić information content (AvgIpc) is 2.53. The molecule has 22 heavy (non-hydrogen) atoms. The van der Waals surface area contributed by atoms with E-state index in [1.807, 2.05) is 0 Å². The van der Waals surface area contributed by atoms with Gasteiger partial charge in [-0.25, -0.2) is 4.79 Å². The molecule has 0 spiro atoms. The van der Waals surface area contributed by atoms with Crippen molar-refractivity contribution in [1.82, 2.24) is 10.2 Å². The van der Waals surface area contributed by atoms with Crippen molar-refractivity contribution in [2.75, 3.05) is 44.7 Å². The Bertz CT molecular complexity index is 496. The predicted octanol–water partition coefficient (Wildman–Crippen LogP) is 1.73. The number of Topliss-reactive ketones (excluding diaryl/α,β-unsaturated/α-hetero) is 1. The number of carbonyl (C=O) groups is 2. The maximum Gasteiger partial charge on any atom is 0.319 e. The Balaban J connectivity index is 1.63. The quantitative estimate of drug-likeness (QED) is 0.620. The Labute approximate surface area is 130 Å². The average molecular weight is 305 g/mol. The highest BCUT2D eigenvalue weighted by Crippen LogP contribution is 2.09. The van der Waals surface area contributed by atoms with Gasteiger partial charge < -0.3 is 15.4 Å². The molecule has 0 unspecified atom stereocenters. The SMILES string of the molecule is CC(=O)c1ccc(NC(=O)NCCCN2CCOCC2)cc1. The summed E-state index contributed by atoms with van der Waals surface area (Å²) in [7, 11) is 0. The molecule has 6 heteroatoms. The number of anilines is 1. The van der Waals surface area contributed by atoms with E-state index in [2.05, 4.69) is 15.5 Å². The number of hydrogen-bond acceptors (Lipinski definition) is 4. The topological polar surface area (TPSA) is 70.7 Å². The number of ketones is 1. The van der Waals surface area contributed by atoms with Gasteiger partial charge >= 0.3 is 6.03 Å². The van der Waals surface area contributed by atoms with Gasteiger partial charge in [0.2, 0.25) is 0 Å². The lowest BCUT2D eigenvalue weighted by atomic mass is 10.1. The van der Waals surface area contributed by atoms with E-state index in [-0.39, 0.29) is 11.8 Å². The molecule has 1 aromatic rings. The summed E-state index contributed by atoms with van der Waals surface area (Å²) in [6.45, 7) is 6.65. The van der Waals surface area contributed by atoms with Crippen LogP contribution in [-0.2, 0) is 4.74 Å². The van der Waals surface area contributed by atoms with Crippen molar-refractivity contribution in [3.63, 3.8) is 0 Å². The molecule has 0 bridgehead atoms. The van der Waals surface area contributed by atoms with Crippen LogP contribution in [-0.4, -0.2) is 56.1 Å². The van der Waals surface area contributed by atoms with Gasteiger partial charge in [0.15, 0.2) is 5.78 Å². The molecule has 1 saturated heterocycles. The van der Waals surface area contributed by atoms with Crippen molar-refractivity contribution >= 4 is 17.5 Å². The van der Waals surface area contributed by atoms with E-state index in [0.717, 1.165) is 39.3 Å². The number of benzene rings is 1. The first-order valence-corrected chi connectivity index (χ1v) is 7.61. The first kappa shape index (κ1) is 16.5. The second-order valence-electron chi connectivity index (χ2n) is 5.32. The number of nitrogens with zero attached hydrogens (tertiary/aromatic N) is 1. The normalized spacial score (nSPS) is 15.3. The van der Waals surface area contributed by atoms with Crippen molar-refractivity contribution in [2.45, 2.75) is 13.3 Å². The van der Waals surface area contributed by atoms with Crippen molar-refractivity contribution in [1.29, 1.82) is 0 Å². The minimum Gasteiger partial charge on any atom is -0.379 e. The predicted molar refractivity (Wildman–Crippen MR) is 85.3 cm³/mol. The molecule has 2 N–H and O–H groups in total. The van der Waals surface area contributed by atoms with Gasteiger partial charge in [-0.3, -0.25) is 9.69 Å². The standard InChI is InChI=1S/C16H23N3O3/c1-13(20)14-3-5-15(6-4-14)18-16(21)17-7-2-8-19-9-11-22-12-10-19/h3-6H,2,7-12H2,1H3,(H2,17,18,21). The van der Waals surface area contributed by atoms with Gasteiger partial charge in [0.1, 0.15) is 0 Å². The maximum atomic E-state index is 11.8. The zero-order valence-corrected chi connectivity index (χ0v) is 12.9. The molecule has 1 aliphatic heterocycles. The Morgan fingerprint density at radius 2 is 1.86 bits per heavy atom. The van der Waals surface area contributed by atoms with Crippen molar-refractivity contribution in [2.24, 2.45) is 0 Å². The molecule has 1 fully saturated rings. The molecule has 0 atom stereocenters. The second-order valence-corrected chi connectivity index (χ2v) is 5.32. The molecule has 2 amide bonds. The van der Waals surface area contributed by atoms with Crippen LogP contribution in [0.3, 0.4) is 0 Å². The van der Waals surface area contributed by atoms with Crippen LogP contribution in [0.1, 0.15) is 23.7 Å². The third-order valence-electron chi connectivity index (χ3n) is 3.59. The Kier molecular flexibility index (Phi) is 6.36. The fraction of sp³-hybridized carbons (Fsp3) is 0.500. The van der Waals surface area contributed by atoms with Crippen LogP contribution in [0.25, 0.3) is 0 Å². The van der Waals surface area contributed by atoms with E-state index in [9.17, 15) is 9.59 Å². The number of carbonyl (C=O) groups excluding carboxylic acids is 2. The molecule has 0 radical (unpaired) electrons. The molecule has 6 nitrogen and oxygen atoms in total. The summed E-state index contributed by atoms with van der Waals surface area (Å²) in [4.78, 5) is 25.3. The van der Waals surface area contributed by atoms with Crippen LogP contribution >= 0.6 is 0 Å². The summed E-state index contributed by atoms with van der Waals surface area (Å²) < 4.78 is 5.29. The van der Waals surface area contributed by atoms with Crippen molar-refractivity contribution in [3.8, 4) is 0 Å². The van der Waals surface area contributed by atoms with Crippen LogP contribution in [0.15, 0.2) is 24.3 Å². The summed E-state index contributed by atoms with van der Waals surface area (Å²) in [6, 6.07) is 6.64. The van der Waals surface area contributed by atoms with E-state index in [1.54, 1.807) is 24.3 Å². The Morgan fingerprint density at radius 3 is 2.50 bits per heavy atom. The van der Waals surface area contributed by atoms with Gasteiger partial charge in [-0.05, 0) is 44.2 Å². The fourth-order valence-electron chi connectivity index (χ4n) is 2.29. The number of amides is 2. The highest BCUT2D eigenvalue weighted by molar-refractivity contribution is 5.95. The number of urea groups is 1. The summed E-state index contributed by atoms with van der Waals surface area (Å²) in [6.07, 6.45) is 0.913. The molecule has 1 aromatic carbocycles. The monoisotopic (exact) mass is 305 g/mol. The molecular formula is C16H23N3O3. The van der Waals surface area contributed by atoms with Crippen LogP contribution in [0.2, 0.25) is 0 Å². The first-order valence-electron chi connectivity index (χ1n) is 7.61. The minimum absolute atomic E-state index is 0.0131. The number of rotatable bonds is 6. The molecule has 0 aromatic heterocycles. The Morgan fingerprint density at radius 1 is 1.18 bits per heavy atom. The van der Waals surface area contributed by atoms with Crippen LogP contribution in [0.5, 0.6) is 0 Å². The molecule has 2 rings (SSSR count). The smallest absolute Gasteiger partial charge is 0.319 e. The molecule has 1 aliphatic rings. The fourth-order valence-corrected chi connectivity index (χ4v) is 2.29. The second kappa shape index (κ2) is 8.51. The van der Waals surface area contributed by atoms with Crippen molar-refractivity contribution in [3.05, 3.63) is 29.8 Å². The van der Waals surface area contributed by atoms with E-state index >= 15 is 0 Å². The maximum absolute atomic E-state index is 11.8. The van der Waals surface area contributed by atoms with Crippen molar-refractivity contribution < 1.29 is 14.3 Å². The van der Waals surface area contributed by atoms with Crippen LogP contribution < -0.4 is 10.6 Å². The summed E-state index contributed by atoms with van der Waals surface area (Å²) in [5.41, 5.74) is 1.31. The molecule has 0 aliphatic carbocycles. The Hall–Kier alpha value is -1.92.